The Balaban J connectivity index is 2.22. The smallest absolute Gasteiger partial charge is 0.294 e. The fourth-order valence-corrected chi connectivity index (χ4v) is 1.95. The van der Waals surface area contributed by atoms with E-state index in [4.69, 9.17) is 9.29 Å². The van der Waals surface area contributed by atoms with Crippen molar-refractivity contribution in [2.75, 3.05) is 0 Å². The van der Waals surface area contributed by atoms with Crippen LogP contribution in [-0.4, -0.2) is 19.1 Å². The molecule has 2 rings (SSSR count). The number of ether oxygens (including phenoxy) is 1. The molecule has 7 heteroatoms. The first-order chi connectivity index (χ1) is 9.45. The van der Waals surface area contributed by atoms with E-state index in [1.165, 1.54) is 18.2 Å². The maximum Gasteiger partial charge on any atom is 0.294 e. The van der Waals surface area contributed by atoms with Crippen molar-refractivity contribution in [3.05, 3.63) is 54.6 Å². The van der Waals surface area contributed by atoms with Crippen LogP contribution in [0.15, 0.2) is 64.5 Å². The second-order valence-corrected chi connectivity index (χ2v) is 5.19. The second kappa shape index (κ2) is 5.72. The predicted molar refractivity (Wildman–Crippen MR) is 70.4 cm³/mol. The summed E-state index contributed by atoms with van der Waals surface area (Å²) in [6.07, 6.45) is -0.885. The molecule has 0 aromatic heterocycles. The van der Waals surface area contributed by atoms with E-state index < -0.39 is 16.2 Å². The van der Waals surface area contributed by atoms with Crippen molar-refractivity contribution in [2.24, 2.45) is 4.99 Å². The maximum absolute atomic E-state index is 11.5. The number of hydrogen-bond donors (Lipinski definition) is 1. The zero-order chi connectivity index (χ0) is 14.6. The molecule has 0 unspecified atom stereocenters. The van der Waals surface area contributed by atoms with Gasteiger partial charge in [-0.3, -0.25) is 4.55 Å². The van der Waals surface area contributed by atoms with Crippen LogP contribution in [0.3, 0.4) is 0 Å². The third kappa shape index (κ3) is 3.81. The summed E-state index contributed by atoms with van der Waals surface area (Å²) >= 11 is 0. The van der Waals surface area contributed by atoms with Gasteiger partial charge in [0.05, 0.1) is 10.6 Å². The average Bonchev–Trinajstić information content (AvgIpc) is 2.39. The van der Waals surface area contributed by atoms with Crippen LogP contribution in [0.5, 0.6) is 5.75 Å². The first-order valence-corrected chi connectivity index (χ1v) is 6.95. The van der Waals surface area contributed by atoms with E-state index in [1.807, 2.05) is 0 Å². The van der Waals surface area contributed by atoms with Crippen LogP contribution in [0.25, 0.3) is 0 Å². The lowest BCUT2D eigenvalue weighted by atomic mass is 10.3. The van der Waals surface area contributed by atoms with Crippen LogP contribution in [-0.2, 0) is 10.1 Å². The van der Waals surface area contributed by atoms with Crippen molar-refractivity contribution >= 4 is 21.9 Å². The van der Waals surface area contributed by atoms with Crippen molar-refractivity contribution in [3.63, 3.8) is 0 Å². The highest BCUT2D eigenvalue weighted by atomic mass is 32.2. The highest BCUT2D eigenvalue weighted by molar-refractivity contribution is 7.85. The van der Waals surface area contributed by atoms with E-state index in [-0.39, 0.29) is 10.6 Å². The average molecular weight is 292 g/mol. The quantitative estimate of drug-likeness (QED) is 0.523. The summed E-state index contributed by atoms with van der Waals surface area (Å²) in [5.74, 6) is 0.326. The lowest BCUT2D eigenvalue weighted by Gasteiger charge is -2.13. The van der Waals surface area contributed by atoms with Crippen LogP contribution in [0.2, 0.25) is 0 Å². The molecule has 0 saturated heterocycles. The van der Waals surface area contributed by atoms with Gasteiger partial charge in [-0.1, -0.05) is 24.3 Å². The Morgan fingerprint density at radius 2 is 1.80 bits per heavy atom. The van der Waals surface area contributed by atoms with Crippen molar-refractivity contribution < 1.29 is 22.8 Å². The number of benzene rings is 2. The molecule has 2 aromatic carbocycles. The van der Waals surface area contributed by atoms with E-state index in [0.717, 1.165) is 6.07 Å². The van der Waals surface area contributed by atoms with Crippen LogP contribution in [0.4, 0.5) is 5.69 Å². The van der Waals surface area contributed by atoms with Gasteiger partial charge in [0, 0.05) is 5.75 Å². The normalized spacial score (nSPS) is 12.2. The molecular formula is C13H10NO5S-. The Morgan fingerprint density at radius 3 is 2.45 bits per heavy atom. The summed E-state index contributed by atoms with van der Waals surface area (Å²) in [6.45, 7) is 0. The third-order valence-corrected chi connectivity index (χ3v) is 3.13. The van der Waals surface area contributed by atoms with Gasteiger partial charge in [-0.15, -0.1) is 0 Å². The van der Waals surface area contributed by atoms with Crippen LogP contribution >= 0.6 is 0 Å². The zero-order valence-corrected chi connectivity index (χ0v) is 10.9. The predicted octanol–water partition coefficient (Wildman–Crippen LogP) is 1.36. The van der Waals surface area contributed by atoms with Gasteiger partial charge in [0.1, 0.15) is 0 Å². The molecule has 0 spiro atoms. The lowest BCUT2D eigenvalue weighted by Crippen LogP contribution is -2.24. The standard InChI is InChI=1S/C13H11NO5S/c15-13(19-11-6-2-1-3-7-11)14-10-5-4-8-12(9-10)20(16,17)18/h1-9H,(H,14,15)(H,16,17,18)/p-1. The number of hydrogen-bond acceptors (Lipinski definition) is 5. The van der Waals surface area contributed by atoms with E-state index in [0.29, 0.717) is 5.75 Å². The number of para-hydroxylation sites is 1. The monoisotopic (exact) mass is 292 g/mol. The van der Waals surface area contributed by atoms with Crippen LogP contribution < -0.4 is 9.84 Å². The number of nitrogens with zero attached hydrogens (tertiary/aromatic N) is 1. The summed E-state index contributed by atoms with van der Waals surface area (Å²) in [6, 6.07) is 13.4. The SMILES string of the molecule is O=S(=O)(O)c1cccc(N=C([O-])Oc2ccccc2)c1. The highest BCUT2D eigenvalue weighted by Gasteiger charge is 2.09. The molecule has 0 bridgehead atoms. The van der Waals surface area contributed by atoms with Gasteiger partial charge in [-0.05, 0) is 30.3 Å². The van der Waals surface area contributed by atoms with Gasteiger partial charge in [0.2, 0.25) is 0 Å². The van der Waals surface area contributed by atoms with Crippen LogP contribution in [0.1, 0.15) is 0 Å². The minimum atomic E-state index is -4.33. The first-order valence-electron chi connectivity index (χ1n) is 5.51. The molecule has 0 aliphatic carbocycles. The molecule has 20 heavy (non-hydrogen) atoms. The van der Waals surface area contributed by atoms with Crippen LogP contribution in [0, 0.1) is 0 Å². The van der Waals surface area contributed by atoms with Gasteiger partial charge in [0.25, 0.3) is 10.1 Å². The summed E-state index contributed by atoms with van der Waals surface area (Å²) in [4.78, 5) is 3.25. The first kappa shape index (κ1) is 14.0. The van der Waals surface area contributed by atoms with Gasteiger partial charge in [0.15, 0.2) is 6.08 Å². The fourth-order valence-electron chi connectivity index (χ4n) is 1.43. The Hall–Kier alpha value is -2.38. The fraction of sp³-hybridized carbons (Fsp3) is 0. The van der Waals surface area contributed by atoms with Crippen molar-refractivity contribution in [3.8, 4) is 5.75 Å². The molecule has 0 atom stereocenters. The third-order valence-electron chi connectivity index (χ3n) is 2.28. The Morgan fingerprint density at radius 1 is 1.10 bits per heavy atom. The summed E-state index contributed by atoms with van der Waals surface area (Å²) in [5.41, 5.74) is 0.0704. The molecule has 6 nitrogen and oxygen atoms in total. The summed E-state index contributed by atoms with van der Waals surface area (Å²) in [5, 5.41) is 11.5. The molecule has 0 aliphatic rings. The molecule has 0 fully saturated rings. The molecule has 0 saturated carbocycles. The lowest BCUT2D eigenvalue weighted by molar-refractivity contribution is -0.239. The number of rotatable bonds is 3. The van der Waals surface area contributed by atoms with E-state index in [1.54, 1.807) is 30.3 Å². The van der Waals surface area contributed by atoms with E-state index in [2.05, 4.69) is 4.99 Å². The Kier molecular flexibility index (Phi) is 4.02. The molecule has 2 aromatic rings. The van der Waals surface area contributed by atoms with Gasteiger partial charge < -0.3 is 9.84 Å². The Bertz CT molecular complexity index is 725. The van der Waals surface area contributed by atoms with Crippen molar-refractivity contribution in [1.29, 1.82) is 0 Å². The minimum Gasteiger partial charge on any atom is -0.566 e. The zero-order valence-electron chi connectivity index (χ0n) is 10.1. The summed E-state index contributed by atoms with van der Waals surface area (Å²) < 4.78 is 35.7. The van der Waals surface area contributed by atoms with E-state index in [9.17, 15) is 13.5 Å². The molecule has 0 heterocycles. The largest absolute Gasteiger partial charge is 0.566 e. The second-order valence-electron chi connectivity index (χ2n) is 3.77. The molecule has 1 N–H and O–H groups in total. The van der Waals surface area contributed by atoms with Gasteiger partial charge in [-0.25, -0.2) is 4.99 Å². The topological polar surface area (TPSA) is 99.0 Å². The highest BCUT2D eigenvalue weighted by Crippen LogP contribution is 2.18. The Labute approximate surface area is 115 Å². The van der Waals surface area contributed by atoms with E-state index >= 15 is 0 Å². The molecular weight excluding hydrogens is 282 g/mol. The number of aliphatic imine (C=N–C) groups is 1. The minimum absolute atomic E-state index is 0.0704. The maximum atomic E-state index is 11.5. The molecule has 0 aliphatic heterocycles. The van der Waals surface area contributed by atoms with Crippen molar-refractivity contribution in [1.82, 2.24) is 0 Å². The van der Waals surface area contributed by atoms with Crippen molar-refractivity contribution in [2.45, 2.75) is 4.90 Å². The summed E-state index contributed by atoms with van der Waals surface area (Å²) in [7, 11) is -4.33. The van der Waals surface area contributed by atoms with Gasteiger partial charge >= 0.3 is 0 Å². The van der Waals surface area contributed by atoms with Gasteiger partial charge in [-0.2, -0.15) is 8.42 Å². The molecule has 0 amide bonds. The molecule has 104 valence electrons. The molecule has 0 radical (unpaired) electrons.